The van der Waals surface area contributed by atoms with Gasteiger partial charge < -0.3 is 24.4 Å². The Balaban J connectivity index is 1.48. The molecule has 0 saturated carbocycles. The number of carbonyl (C=O) groups excluding carboxylic acids is 2. The molecule has 2 aromatic carbocycles. The van der Waals surface area contributed by atoms with Gasteiger partial charge in [-0.25, -0.2) is 0 Å². The van der Waals surface area contributed by atoms with Crippen LogP contribution in [0.25, 0.3) is 0 Å². The number of amides is 2. The minimum absolute atomic E-state index is 0.0308. The zero-order chi connectivity index (χ0) is 25.4. The summed E-state index contributed by atoms with van der Waals surface area (Å²) in [4.78, 5) is 30.3. The summed E-state index contributed by atoms with van der Waals surface area (Å²) in [6.45, 7) is 2.86. The van der Waals surface area contributed by atoms with Crippen molar-refractivity contribution >= 4 is 11.8 Å². The van der Waals surface area contributed by atoms with Crippen molar-refractivity contribution in [1.29, 1.82) is 0 Å². The molecule has 194 valence electrons. The molecule has 1 saturated heterocycles. The molecule has 3 heterocycles. The fourth-order valence-corrected chi connectivity index (χ4v) is 5.35. The van der Waals surface area contributed by atoms with Gasteiger partial charge in [-0.05, 0) is 61.3 Å². The van der Waals surface area contributed by atoms with E-state index >= 15 is 0 Å². The van der Waals surface area contributed by atoms with Crippen molar-refractivity contribution in [3.8, 4) is 11.5 Å². The normalized spacial score (nSPS) is 18.6. The monoisotopic (exact) mass is 494 g/mol. The molecular weight excluding hydrogens is 456 g/mol. The van der Waals surface area contributed by atoms with Crippen molar-refractivity contribution in [3.63, 3.8) is 0 Å². The minimum Gasteiger partial charge on any atom is -0.496 e. The molecule has 7 heteroatoms. The van der Waals surface area contributed by atoms with Gasteiger partial charge >= 0.3 is 0 Å². The Hall–Kier alpha value is -3.06. The number of ether oxygens (including phenoxy) is 2. The van der Waals surface area contributed by atoms with Crippen LogP contribution in [-0.2, 0) is 11.2 Å². The van der Waals surface area contributed by atoms with Gasteiger partial charge in [-0.15, -0.1) is 0 Å². The van der Waals surface area contributed by atoms with Crippen molar-refractivity contribution < 1.29 is 24.2 Å². The van der Waals surface area contributed by atoms with Crippen LogP contribution in [-0.4, -0.2) is 73.2 Å². The summed E-state index contributed by atoms with van der Waals surface area (Å²) in [7, 11) is 1.65. The molecule has 2 bridgehead atoms. The topological polar surface area (TPSA) is 79.3 Å². The number of nitrogens with zero attached hydrogens (tertiary/aromatic N) is 2. The van der Waals surface area contributed by atoms with Crippen LogP contribution in [0.15, 0.2) is 48.5 Å². The average Bonchev–Trinajstić information content (AvgIpc) is 2.93. The third kappa shape index (κ3) is 6.19. The lowest BCUT2D eigenvalue weighted by atomic mass is 9.75. The molecule has 0 aliphatic carbocycles. The van der Waals surface area contributed by atoms with Crippen molar-refractivity contribution in [2.24, 2.45) is 5.41 Å². The van der Waals surface area contributed by atoms with E-state index in [2.05, 4.69) is 0 Å². The van der Waals surface area contributed by atoms with Crippen LogP contribution in [0.3, 0.4) is 0 Å². The van der Waals surface area contributed by atoms with Gasteiger partial charge in [0, 0.05) is 32.7 Å². The number of aliphatic hydroxyl groups excluding tert-OH is 1. The third-order valence-corrected chi connectivity index (χ3v) is 7.72. The summed E-state index contributed by atoms with van der Waals surface area (Å²) in [5, 5.41) is 10.2. The molecule has 2 amide bonds. The van der Waals surface area contributed by atoms with E-state index in [1.807, 2.05) is 52.3 Å². The van der Waals surface area contributed by atoms with Crippen molar-refractivity contribution in [2.45, 2.75) is 44.9 Å². The first-order valence-electron chi connectivity index (χ1n) is 13.1. The van der Waals surface area contributed by atoms with Crippen molar-refractivity contribution in [2.75, 3.05) is 46.5 Å². The van der Waals surface area contributed by atoms with E-state index in [1.165, 1.54) is 0 Å². The second kappa shape index (κ2) is 12.3. The zero-order valence-electron chi connectivity index (χ0n) is 21.3. The zero-order valence-corrected chi connectivity index (χ0v) is 21.3. The smallest absolute Gasteiger partial charge is 0.257 e. The first-order valence-corrected chi connectivity index (χ1v) is 13.1. The summed E-state index contributed by atoms with van der Waals surface area (Å²) in [6.07, 6.45) is 5.31. The number of piperidine rings is 1. The number of rotatable bonds is 5. The average molecular weight is 495 g/mol. The van der Waals surface area contributed by atoms with Crippen LogP contribution in [0.1, 0.15) is 54.4 Å². The number of methoxy groups -OCH3 is 1. The number of para-hydroxylation sites is 2. The largest absolute Gasteiger partial charge is 0.496 e. The quantitative estimate of drug-likeness (QED) is 0.681. The molecule has 0 radical (unpaired) electrons. The molecule has 5 rings (SSSR count). The number of benzene rings is 2. The summed E-state index contributed by atoms with van der Waals surface area (Å²) in [5.74, 6) is 1.41. The maximum absolute atomic E-state index is 13.3. The Morgan fingerprint density at radius 2 is 1.75 bits per heavy atom. The predicted molar refractivity (Wildman–Crippen MR) is 138 cm³/mol. The van der Waals surface area contributed by atoms with Crippen molar-refractivity contribution in [3.05, 3.63) is 59.7 Å². The predicted octanol–water partition coefficient (Wildman–Crippen LogP) is 3.93. The van der Waals surface area contributed by atoms with Gasteiger partial charge in [-0.1, -0.05) is 36.8 Å². The third-order valence-electron chi connectivity index (χ3n) is 7.72. The Kier molecular flexibility index (Phi) is 8.86. The van der Waals surface area contributed by atoms with Crippen LogP contribution in [0.2, 0.25) is 0 Å². The Labute approximate surface area is 214 Å². The van der Waals surface area contributed by atoms with E-state index < -0.39 is 0 Å². The van der Waals surface area contributed by atoms with E-state index in [0.717, 1.165) is 43.4 Å². The minimum atomic E-state index is -0.147. The van der Waals surface area contributed by atoms with Crippen molar-refractivity contribution in [1.82, 2.24) is 9.80 Å². The summed E-state index contributed by atoms with van der Waals surface area (Å²) in [6, 6.07) is 15.1. The molecule has 2 aromatic rings. The fraction of sp³-hybridized carbons (Fsp3) is 0.517. The molecule has 1 fully saturated rings. The van der Waals surface area contributed by atoms with Gasteiger partial charge in [-0.3, -0.25) is 9.59 Å². The number of fused-ring (bicyclic) bond motifs is 9. The van der Waals surface area contributed by atoms with Gasteiger partial charge in [0.25, 0.3) is 5.91 Å². The number of aryl methyl sites for hydroxylation is 1. The van der Waals surface area contributed by atoms with Crippen LogP contribution in [0.5, 0.6) is 11.5 Å². The number of carbonyl (C=O) groups is 2. The summed E-state index contributed by atoms with van der Waals surface area (Å²) in [5.41, 5.74) is 1.43. The fourth-order valence-electron chi connectivity index (χ4n) is 5.35. The van der Waals surface area contributed by atoms with E-state index in [-0.39, 0.29) is 23.8 Å². The molecule has 3 aliphatic rings. The van der Waals surface area contributed by atoms with Crippen LogP contribution < -0.4 is 9.47 Å². The van der Waals surface area contributed by atoms with E-state index in [4.69, 9.17) is 9.47 Å². The molecule has 3 aliphatic heterocycles. The Morgan fingerprint density at radius 3 is 2.53 bits per heavy atom. The second-order valence-corrected chi connectivity index (χ2v) is 9.94. The van der Waals surface area contributed by atoms with Crippen LogP contribution >= 0.6 is 0 Å². The molecule has 0 aromatic heterocycles. The van der Waals surface area contributed by atoms with E-state index in [0.29, 0.717) is 56.9 Å². The van der Waals surface area contributed by atoms with Crippen LogP contribution in [0, 0.1) is 5.41 Å². The Morgan fingerprint density at radius 1 is 1.00 bits per heavy atom. The van der Waals surface area contributed by atoms with Crippen LogP contribution in [0.4, 0.5) is 0 Å². The number of aliphatic hydroxyl groups is 1. The highest BCUT2D eigenvalue weighted by atomic mass is 16.5. The highest BCUT2D eigenvalue weighted by Gasteiger charge is 2.36. The number of hydrogen-bond donors (Lipinski definition) is 1. The molecule has 0 unspecified atom stereocenters. The summed E-state index contributed by atoms with van der Waals surface area (Å²) < 4.78 is 11.5. The molecule has 0 spiro atoms. The molecular formula is C29H38N2O5. The van der Waals surface area contributed by atoms with E-state index in [1.54, 1.807) is 13.2 Å². The highest BCUT2D eigenvalue weighted by molar-refractivity contribution is 5.97. The lowest BCUT2D eigenvalue weighted by Gasteiger charge is -2.41. The first-order chi connectivity index (χ1) is 17.5. The maximum atomic E-state index is 13.3. The molecule has 7 nitrogen and oxygen atoms in total. The van der Waals surface area contributed by atoms with Gasteiger partial charge in [-0.2, -0.15) is 0 Å². The van der Waals surface area contributed by atoms with Gasteiger partial charge in [0.2, 0.25) is 5.91 Å². The first kappa shape index (κ1) is 26.0. The Bertz CT molecular complexity index is 1030. The van der Waals surface area contributed by atoms with Gasteiger partial charge in [0.05, 0.1) is 19.2 Å². The maximum Gasteiger partial charge on any atom is 0.257 e. The van der Waals surface area contributed by atoms with Gasteiger partial charge in [0.15, 0.2) is 0 Å². The SMILES string of the molecule is COc1ccccc1CCC(=O)N1CCCCC2(CO)CCN(CC2)C(=O)c2ccccc2OCC1. The molecule has 0 atom stereocenters. The van der Waals surface area contributed by atoms with E-state index in [9.17, 15) is 14.7 Å². The second-order valence-electron chi connectivity index (χ2n) is 9.94. The lowest BCUT2D eigenvalue weighted by Crippen LogP contribution is -2.44. The lowest BCUT2D eigenvalue weighted by molar-refractivity contribution is -0.131. The summed E-state index contributed by atoms with van der Waals surface area (Å²) >= 11 is 0. The number of hydrogen-bond acceptors (Lipinski definition) is 5. The highest BCUT2D eigenvalue weighted by Crippen LogP contribution is 2.37. The molecule has 36 heavy (non-hydrogen) atoms. The standard InChI is InChI=1S/C29H38N2O5/c1-35-25-10-4-2-8-23(25)12-13-27(33)30-17-7-6-14-29(22-32)15-18-31(19-16-29)28(34)24-9-3-5-11-26(24)36-21-20-30/h2-5,8-11,32H,6-7,12-22H2,1H3. The van der Waals surface area contributed by atoms with Gasteiger partial charge in [0.1, 0.15) is 18.1 Å². The molecule has 1 N–H and O–H groups in total.